The Morgan fingerprint density at radius 3 is 2.52 bits per heavy atom. The van der Waals surface area contributed by atoms with Crippen molar-refractivity contribution < 1.29 is 14.3 Å². The molecule has 0 bridgehead atoms. The van der Waals surface area contributed by atoms with Crippen molar-refractivity contribution >= 4 is 17.2 Å². The van der Waals surface area contributed by atoms with E-state index in [4.69, 9.17) is 9.47 Å². The molecule has 1 N–H and O–H groups in total. The predicted octanol–water partition coefficient (Wildman–Crippen LogP) is 4.38. The summed E-state index contributed by atoms with van der Waals surface area (Å²) in [5.41, 5.74) is 2.64. The standard InChI is InChI=1S/C26H25N3O4/c1-3-23(33-22-7-5-4-6-8-22)26(31)28-19-9-11-21(12-10-19)32-17-20-16-25(30)29-14-13-18(2)15-24(29)27-20/h4-16,23H,3,17H2,1-2H3,(H,28,31)/t23-/m0/s1. The molecule has 4 rings (SSSR count). The van der Waals surface area contributed by atoms with Gasteiger partial charge in [-0.05, 0) is 67.4 Å². The Morgan fingerprint density at radius 1 is 1.03 bits per heavy atom. The number of para-hydroxylation sites is 1. The molecule has 1 atom stereocenters. The number of aryl methyl sites for hydroxylation is 1. The van der Waals surface area contributed by atoms with Gasteiger partial charge in [0.05, 0.1) is 5.69 Å². The maximum absolute atomic E-state index is 12.6. The zero-order chi connectivity index (χ0) is 23.2. The van der Waals surface area contributed by atoms with Gasteiger partial charge < -0.3 is 14.8 Å². The fraction of sp³-hybridized carbons (Fsp3) is 0.192. The number of carbonyl (C=O) groups excluding carboxylic acids is 1. The van der Waals surface area contributed by atoms with Gasteiger partial charge in [-0.25, -0.2) is 4.98 Å². The first kappa shape index (κ1) is 22.1. The topological polar surface area (TPSA) is 81.9 Å². The third-order valence-corrected chi connectivity index (χ3v) is 5.07. The van der Waals surface area contributed by atoms with Crippen LogP contribution >= 0.6 is 0 Å². The first-order valence-electron chi connectivity index (χ1n) is 10.8. The molecule has 0 radical (unpaired) electrons. The van der Waals surface area contributed by atoms with Crippen LogP contribution in [0.2, 0.25) is 0 Å². The number of rotatable bonds is 8. The van der Waals surface area contributed by atoms with Crippen LogP contribution in [0.1, 0.15) is 24.6 Å². The second kappa shape index (κ2) is 9.99. The maximum atomic E-state index is 12.6. The Morgan fingerprint density at radius 2 is 1.79 bits per heavy atom. The van der Waals surface area contributed by atoms with Crippen molar-refractivity contribution in [2.45, 2.75) is 33.0 Å². The van der Waals surface area contributed by atoms with Gasteiger partial charge in [0.1, 0.15) is 23.8 Å². The van der Waals surface area contributed by atoms with Crippen LogP contribution in [0.15, 0.2) is 83.8 Å². The van der Waals surface area contributed by atoms with Crippen LogP contribution in [0, 0.1) is 6.92 Å². The van der Waals surface area contributed by atoms with Crippen LogP contribution in [-0.4, -0.2) is 21.4 Å². The number of aromatic nitrogens is 2. The first-order valence-corrected chi connectivity index (χ1v) is 10.8. The minimum absolute atomic E-state index is 0.153. The summed E-state index contributed by atoms with van der Waals surface area (Å²) in [6, 6.07) is 21.5. The molecular weight excluding hydrogens is 418 g/mol. The molecule has 0 aliphatic rings. The zero-order valence-corrected chi connectivity index (χ0v) is 18.5. The van der Waals surface area contributed by atoms with E-state index in [9.17, 15) is 9.59 Å². The highest BCUT2D eigenvalue weighted by Gasteiger charge is 2.18. The van der Waals surface area contributed by atoms with Gasteiger partial charge in [-0.1, -0.05) is 25.1 Å². The molecule has 7 nitrogen and oxygen atoms in total. The van der Waals surface area contributed by atoms with Gasteiger partial charge >= 0.3 is 0 Å². The number of anilines is 1. The van der Waals surface area contributed by atoms with E-state index in [-0.39, 0.29) is 18.1 Å². The summed E-state index contributed by atoms with van der Waals surface area (Å²) in [6.07, 6.45) is 1.66. The lowest BCUT2D eigenvalue weighted by Gasteiger charge is -2.17. The average molecular weight is 444 g/mol. The first-order chi connectivity index (χ1) is 16.0. The number of pyridine rings is 1. The third-order valence-electron chi connectivity index (χ3n) is 5.07. The second-order valence-electron chi connectivity index (χ2n) is 7.65. The van der Waals surface area contributed by atoms with E-state index in [2.05, 4.69) is 10.3 Å². The number of carbonyl (C=O) groups is 1. The number of fused-ring (bicyclic) bond motifs is 1. The van der Waals surface area contributed by atoms with Gasteiger partial charge in [0, 0.05) is 18.0 Å². The molecule has 4 aromatic rings. The summed E-state index contributed by atoms with van der Waals surface area (Å²) in [6.45, 7) is 4.01. The van der Waals surface area contributed by atoms with Gasteiger partial charge in [0.2, 0.25) is 0 Å². The number of ether oxygens (including phenoxy) is 2. The number of benzene rings is 2. The van der Waals surface area contributed by atoms with Crippen molar-refractivity contribution in [3.05, 3.63) is 101 Å². The lowest BCUT2D eigenvalue weighted by molar-refractivity contribution is -0.122. The Hall–Kier alpha value is -4.13. The van der Waals surface area contributed by atoms with Gasteiger partial charge in [0.25, 0.3) is 11.5 Å². The smallest absolute Gasteiger partial charge is 0.265 e. The van der Waals surface area contributed by atoms with E-state index in [1.54, 1.807) is 30.5 Å². The molecule has 168 valence electrons. The molecule has 2 aromatic carbocycles. The molecule has 2 heterocycles. The quantitative estimate of drug-likeness (QED) is 0.437. The van der Waals surface area contributed by atoms with Gasteiger partial charge in [-0.15, -0.1) is 0 Å². The van der Waals surface area contributed by atoms with E-state index in [1.165, 1.54) is 10.5 Å². The predicted molar refractivity (Wildman–Crippen MR) is 127 cm³/mol. The van der Waals surface area contributed by atoms with Crippen LogP contribution in [0.4, 0.5) is 5.69 Å². The fourth-order valence-corrected chi connectivity index (χ4v) is 3.33. The molecule has 2 aromatic heterocycles. The molecule has 0 unspecified atom stereocenters. The Labute approximate surface area is 191 Å². The molecule has 0 aliphatic heterocycles. The van der Waals surface area contributed by atoms with Gasteiger partial charge in [0.15, 0.2) is 6.10 Å². The summed E-state index contributed by atoms with van der Waals surface area (Å²) in [5.74, 6) is 1.04. The lowest BCUT2D eigenvalue weighted by atomic mass is 10.2. The summed E-state index contributed by atoms with van der Waals surface area (Å²) in [4.78, 5) is 29.4. The normalized spacial score (nSPS) is 11.7. The van der Waals surface area contributed by atoms with Crippen molar-refractivity contribution in [2.75, 3.05) is 5.32 Å². The molecule has 7 heteroatoms. The minimum Gasteiger partial charge on any atom is -0.487 e. The number of hydrogen-bond acceptors (Lipinski definition) is 5. The van der Waals surface area contributed by atoms with E-state index in [0.29, 0.717) is 34.9 Å². The number of nitrogens with zero attached hydrogens (tertiary/aromatic N) is 2. The maximum Gasteiger partial charge on any atom is 0.265 e. The van der Waals surface area contributed by atoms with Crippen LogP contribution < -0.4 is 20.3 Å². The summed E-state index contributed by atoms with van der Waals surface area (Å²) in [5, 5.41) is 2.87. The summed E-state index contributed by atoms with van der Waals surface area (Å²) >= 11 is 0. The minimum atomic E-state index is -0.593. The zero-order valence-electron chi connectivity index (χ0n) is 18.5. The van der Waals surface area contributed by atoms with Crippen LogP contribution in [-0.2, 0) is 11.4 Å². The van der Waals surface area contributed by atoms with Crippen LogP contribution in [0.5, 0.6) is 11.5 Å². The largest absolute Gasteiger partial charge is 0.487 e. The highest BCUT2D eigenvalue weighted by atomic mass is 16.5. The van der Waals surface area contributed by atoms with Crippen molar-refractivity contribution in [3.8, 4) is 11.5 Å². The van der Waals surface area contributed by atoms with Crippen molar-refractivity contribution in [2.24, 2.45) is 0 Å². The second-order valence-corrected chi connectivity index (χ2v) is 7.65. The van der Waals surface area contributed by atoms with Gasteiger partial charge in [-0.2, -0.15) is 0 Å². The number of hydrogen-bond donors (Lipinski definition) is 1. The number of amides is 1. The lowest BCUT2D eigenvalue weighted by Crippen LogP contribution is -2.32. The Bertz CT molecular complexity index is 1300. The molecule has 0 spiro atoms. The van der Waals surface area contributed by atoms with E-state index >= 15 is 0 Å². The fourth-order valence-electron chi connectivity index (χ4n) is 3.33. The van der Waals surface area contributed by atoms with Crippen molar-refractivity contribution in [3.63, 3.8) is 0 Å². The molecule has 0 fully saturated rings. The summed E-state index contributed by atoms with van der Waals surface area (Å²) in [7, 11) is 0. The molecule has 1 amide bonds. The highest BCUT2D eigenvalue weighted by Crippen LogP contribution is 2.19. The third kappa shape index (κ3) is 5.57. The molecule has 0 saturated heterocycles. The SMILES string of the molecule is CC[C@H](Oc1ccccc1)C(=O)Nc1ccc(OCc2cc(=O)n3ccc(C)cc3n2)cc1. The van der Waals surface area contributed by atoms with E-state index in [1.807, 2.05) is 56.3 Å². The molecule has 0 saturated carbocycles. The Balaban J connectivity index is 1.37. The molecule has 33 heavy (non-hydrogen) atoms. The van der Waals surface area contributed by atoms with E-state index in [0.717, 1.165) is 5.56 Å². The highest BCUT2D eigenvalue weighted by molar-refractivity contribution is 5.94. The van der Waals surface area contributed by atoms with E-state index < -0.39 is 6.10 Å². The van der Waals surface area contributed by atoms with Crippen LogP contribution in [0.3, 0.4) is 0 Å². The Kier molecular flexibility index (Phi) is 6.69. The molecular formula is C26H25N3O4. The van der Waals surface area contributed by atoms with Crippen LogP contribution in [0.25, 0.3) is 5.65 Å². The van der Waals surface area contributed by atoms with Crippen molar-refractivity contribution in [1.29, 1.82) is 0 Å². The molecule has 0 aliphatic carbocycles. The summed E-state index contributed by atoms with van der Waals surface area (Å²) < 4.78 is 13.1. The van der Waals surface area contributed by atoms with Crippen molar-refractivity contribution in [1.82, 2.24) is 9.38 Å². The number of nitrogens with one attached hydrogen (secondary N) is 1. The monoisotopic (exact) mass is 443 g/mol. The average Bonchev–Trinajstić information content (AvgIpc) is 2.82. The van der Waals surface area contributed by atoms with Gasteiger partial charge in [-0.3, -0.25) is 14.0 Å².